The standard InChI is InChI=1S/C7H15NO4S/c1-2-12-3-4-13(10,11)8-5-7(9)6-8/h7,9H,2-6H2,1H3. The fourth-order valence-corrected chi connectivity index (χ4v) is 2.47. The highest BCUT2D eigenvalue weighted by atomic mass is 32.2. The molecule has 0 saturated carbocycles. The first-order valence-electron chi connectivity index (χ1n) is 4.30. The van der Waals surface area contributed by atoms with E-state index in [1.165, 1.54) is 4.31 Å². The monoisotopic (exact) mass is 209 g/mol. The van der Waals surface area contributed by atoms with Crippen molar-refractivity contribution >= 4 is 10.0 Å². The molecule has 1 N–H and O–H groups in total. The van der Waals surface area contributed by atoms with Crippen LogP contribution < -0.4 is 0 Å². The van der Waals surface area contributed by atoms with Crippen molar-refractivity contribution < 1.29 is 18.3 Å². The van der Waals surface area contributed by atoms with E-state index in [-0.39, 0.29) is 25.4 Å². The molecule has 1 aliphatic rings. The Morgan fingerprint density at radius 3 is 2.62 bits per heavy atom. The number of sulfonamides is 1. The molecular weight excluding hydrogens is 194 g/mol. The fraction of sp³-hybridized carbons (Fsp3) is 1.00. The molecule has 0 aromatic carbocycles. The van der Waals surface area contributed by atoms with Crippen molar-refractivity contribution in [1.29, 1.82) is 0 Å². The van der Waals surface area contributed by atoms with Gasteiger partial charge in [0, 0.05) is 19.7 Å². The van der Waals surface area contributed by atoms with E-state index in [4.69, 9.17) is 9.84 Å². The third-order valence-electron chi connectivity index (χ3n) is 1.91. The highest BCUT2D eigenvalue weighted by molar-refractivity contribution is 7.89. The molecule has 0 aliphatic carbocycles. The smallest absolute Gasteiger partial charge is 0.216 e. The maximum absolute atomic E-state index is 11.4. The van der Waals surface area contributed by atoms with Crippen molar-refractivity contribution in [2.75, 3.05) is 32.1 Å². The van der Waals surface area contributed by atoms with Gasteiger partial charge in [0.25, 0.3) is 0 Å². The van der Waals surface area contributed by atoms with Gasteiger partial charge in [-0.2, -0.15) is 4.31 Å². The van der Waals surface area contributed by atoms with E-state index in [1.54, 1.807) is 0 Å². The van der Waals surface area contributed by atoms with Crippen LogP contribution in [0.2, 0.25) is 0 Å². The Hall–Kier alpha value is -0.170. The van der Waals surface area contributed by atoms with Crippen LogP contribution in [0.4, 0.5) is 0 Å². The zero-order valence-corrected chi connectivity index (χ0v) is 8.46. The van der Waals surface area contributed by atoms with Gasteiger partial charge in [-0.05, 0) is 6.92 Å². The van der Waals surface area contributed by atoms with Crippen molar-refractivity contribution in [2.24, 2.45) is 0 Å². The third kappa shape index (κ3) is 2.91. The molecule has 1 saturated heterocycles. The second-order valence-electron chi connectivity index (χ2n) is 2.98. The molecule has 0 spiro atoms. The summed E-state index contributed by atoms with van der Waals surface area (Å²) >= 11 is 0. The van der Waals surface area contributed by atoms with Crippen LogP contribution in [0.15, 0.2) is 0 Å². The number of ether oxygens (including phenoxy) is 1. The molecule has 5 nitrogen and oxygen atoms in total. The van der Waals surface area contributed by atoms with Crippen LogP contribution in [0.3, 0.4) is 0 Å². The normalized spacial score (nSPS) is 20.2. The molecule has 0 aromatic heterocycles. The van der Waals surface area contributed by atoms with Crippen LogP contribution in [0.5, 0.6) is 0 Å². The summed E-state index contributed by atoms with van der Waals surface area (Å²) in [5.74, 6) is 0.00750. The van der Waals surface area contributed by atoms with Gasteiger partial charge in [0.2, 0.25) is 10.0 Å². The largest absolute Gasteiger partial charge is 0.390 e. The van der Waals surface area contributed by atoms with E-state index < -0.39 is 16.1 Å². The van der Waals surface area contributed by atoms with Gasteiger partial charge in [-0.3, -0.25) is 0 Å². The van der Waals surface area contributed by atoms with E-state index in [0.29, 0.717) is 6.61 Å². The second-order valence-corrected chi connectivity index (χ2v) is 5.07. The zero-order valence-electron chi connectivity index (χ0n) is 7.64. The van der Waals surface area contributed by atoms with E-state index in [2.05, 4.69) is 0 Å². The van der Waals surface area contributed by atoms with E-state index >= 15 is 0 Å². The van der Waals surface area contributed by atoms with Crippen LogP contribution in [-0.4, -0.2) is 56.0 Å². The lowest BCUT2D eigenvalue weighted by molar-refractivity contribution is 0.0540. The number of rotatable bonds is 5. The SMILES string of the molecule is CCOCCS(=O)(=O)N1CC(O)C1. The summed E-state index contributed by atoms with van der Waals surface area (Å²) in [5.41, 5.74) is 0. The van der Waals surface area contributed by atoms with Gasteiger partial charge in [-0.1, -0.05) is 0 Å². The minimum absolute atomic E-state index is 0.00750. The molecule has 1 fully saturated rings. The Morgan fingerprint density at radius 2 is 2.15 bits per heavy atom. The van der Waals surface area contributed by atoms with Crippen LogP contribution in [0.25, 0.3) is 0 Å². The predicted molar refractivity (Wildman–Crippen MR) is 47.9 cm³/mol. The summed E-state index contributed by atoms with van der Waals surface area (Å²) in [6, 6.07) is 0. The van der Waals surface area contributed by atoms with Crippen LogP contribution in [0.1, 0.15) is 6.92 Å². The molecule has 0 atom stereocenters. The third-order valence-corrected chi connectivity index (χ3v) is 3.68. The average molecular weight is 209 g/mol. The van der Waals surface area contributed by atoms with Gasteiger partial charge in [-0.15, -0.1) is 0 Å². The summed E-state index contributed by atoms with van der Waals surface area (Å²) in [7, 11) is -3.18. The summed E-state index contributed by atoms with van der Waals surface area (Å²) in [6.45, 7) is 3.03. The minimum Gasteiger partial charge on any atom is -0.390 e. The molecule has 1 rings (SSSR count). The van der Waals surface area contributed by atoms with Gasteiger partial charge in [0.1, 0.15) is 0 Å². The summed E-state index contributed by atoms with van der Waals surface area (Å²) in [6.07, 6.45) is -0.484. The Morgan fingerprint density at radius 1 is 1.54 bits per heavy atom. The number of hydrogen-bond donors (Lipinski definition) is 1. The Labute approximate surface area is 78.4 Å². The Kier molecular flexibility index (Phi) is 3.66. The number of aliphatic hydroxyl groups is 1. The lowest BCUT2D eigenvalue weighted by atomic mass is 10.2. The first kappa shape index (κ1) is 10.9. The summed E-state index contributed by atoms with van der Waals surface area (Å²) in [4.78, 5) is 0. The maximum Gasteiger partial charge on any atom is 0.216 e. The van der Waals surface area contributed by atoms with Gasteiger partial charge < -0.3 is 9.84 Å². The topological polar surface area (TPSA) is 66.8 Å². The Balaban J connectivity index is 2.30. The van der Waals surface area contributed by atoms with Crippen LogP contribution >= 0.6 is 0 Å². The maximum atomic E-state index is 11.4. The molecule has 0 amide bonds. The molecule has 1 aliphatic heterocycles. The van der Waals surface area contributed by atoms with E-state index in [0.717, 1.165) is 0 Å². The van der Waals surface area contributed by atoms with Gasteiger partial charge >= 0.3 is 0 Å². The van der Waals surface area contributed by atoms with Gasteiger partial charge in [0.05, 0.1) is 18.5 Å². The average Bonchev–Trinajstić information content (AvgIpc) is 1.99. The quantitative estimate of drug-likeness (QED) is 0.592. The number of nitrogens with zero attached hydrogens (tertiary/aromatic N) is 1. The van der Waals surface area contributed by atoms with Crippen molar-refractivity contribution in [3.63, 3.8) is 0 Å². The number of aliphatic hydroxyl groups excluding tert-OH is 1. The van der Waals surface area contributed by atoms with Crippen molar-refractivity contribution in [2.45, 2.75) is 13.0 Å². The molecular formula is C7H15NO4S. The van der Waals surface area contributed by atoms with E-state index in [1.807, 2.05) is 6.92 Å². The van der Waals surface area contributed by atoms with E-state index in [9.17, 15) is 8.42 Å². The lowest BCUT2D eigenvalue weighted by Crippen LogP contribution is -2.54. The lowest BCUT2D eigenvalue weighted by Gasteiger charge is -2.34. The molecule has 13 heavy (non-hydrogen) atoms. The first-order valence-corrected chi connectivity index (χ1v) is 5.91. The first-order chi connectivity index (χ1) is 6.06. The molecule has 0 bridgehead atoms. The molecule has 1 heterocycles. The highest BCUT2D eigenvalue weighted by Gasteiger charge is 2.33. The minimum atomic E-state index is -3.18. The van der Waals surface area contributed by atoms with Crippen molar-refractivity contribution in [3.05, 3.63) is 0 Å². The Bertz CT molecular complexity index is 245. The summed E-state index contributed by atoms with van der Waals surface area (Å²) in [5, 5.41) is 8.92. The summed E-state index contributed by atoms with van der Waals surface area (Å²) < 4.78 is 29.0. The highest BCUT2D eigenvalue weighted by Crippen LogP contribution is 2.13. The molecule has 0 radical (unpaired) electrons. The van der Waals surface area contributed by atoms with Crippen molar-refractivity contribution in [1.82, 2.24) is 4.31 Å². The van der Waals surface area contributed by atoms with Crippen LogP contribution in [0, 0.1) is 0 Å². The van der Waals surface area contributed by atoms with Crippen molar-refractivity contribution in [3.8, 4) is 0 Å². The van der Waals surface area contributed by atoms with Gasteiger partial charge in [-0.25, -0.2) is 8.42 Å². The number of hydrogen-bond acceptors (Lipinski definition) is 4. The molecule has 78 valence electrons. The second kappa shape index (κ2) is 4.36. The zero-order chi connectivity index (χ0) is 9.90. The van der Waals surface area contributed by atoms with Crippen LogP contribution in [-0.2, 0) is 14.8 Å². The fourth-order valence-electron chi connectivity index (χ4n) is 1.08. The molecule has 6 heteroatoms. The molecule has 0 aromatic rings. The number of β-amino-alcohol motifs (C(OH)–C–C–N with tert-alkyl or cyclic N) is 1. The van der Waals surface area contributed by atoms with Gasteiger partial charge in [0.15, 0.2) is 0 Å². The predicted octanol–water partition coefficient (Wildman–Crippen LogP) is -0.971. The molecule has 0 unspecified atom stereocenters.